The molecule has 1 aromatic carbocycles. The molecule has 0 amide bonds. The van der Waals surface area contributed by atoms with Crippen molar-refractivity contribution in [3.05, 3.63) is 63.0 Å². The number of amidine groups is 1. The summed E-state index contributed by atoms with van der Waals surface area (Å²) in [5.41, 5.74) is -0.288. The van der Waals surface area contributed by atoms with Crippen molar-refractivity contribution in [2.45, 2.75) is 64.8 Å². The number of alkyl halides is 2. The van der Waals surface area contributed by atoms with E-state index in [9.17, 15) is 19.1 Å². The SMILES string of the molecule is CCOC(=O)C1=C(CN2CC(F)(F)[C@H]3[C@@H]2CON3C[C@H](OCC)C(C)(C)C(=O)O)NC(c2nccs2)=N[C@H]1c1cccc(F)c1C. The number of aliphatic carboxylic acids is 1. The molecule has 4 atom stereocenters. The number of likely N-dealkylation sites (tertiary alicyclic amines) is 1. The Hall–Kier alpha value is -3.37. The zero-order valence-corrected chi connectivity index (χ0v) is 27.1. The highest BCUT2D eigenvalue weighted by atomic mass is 32.1. The highest BCUT2D eigenvalue weighted by Crippen LogP contribution is 2.42. The van der Waals surface area contributed by atoms with Crippen LogP contribution in [0.5, 0.6) is 0 Å². The van der Waals surface area contributed by atoms with E-state index in [1.165, 1.54) is 42.2 Å². The second-order valence-electron chi connectivity index (χ2n) is 12.0. The topological polar surface area (TPSA) is 126 Å². The van der Waals surface area contributed by atoms with Gasteiger partial charge in [-0.25, -0.2) is 22.9 Å². The highest BCUT2D eigenvalue weighted by Gasteiger charge is 2.61. The normalized spacial score (nSPS) is 24.0. The maximum Gasteiger partial charge on any atom is 0.338 e. The van der Waals surface area contributed by atoms with Crippen molar-refractivity contribution in [2.24, 2.45) is 10.4 Å². The number of benzene rings is 1. The molecule has 2 fully saturated rings. The number of carboxylic acids is 1. The average molecular weight is 666 g/mol. The molecule has 11 nitrogen and oxygen atoms in total. The van der Waals surface area contributed by atoms with Gasteiger partial charge in [-0.3, -0.25) is 19.5 Å². The van der Waals surface area contributed by atoms with Gasteiger partial charge in [-0.15, -0.1) is 11.3 Å². The Balaban J connectivity index is 1.51. The van der Waals surface area contributed by atoms with Crippen molar-refractivity contribution < 1.29 is 42.2 Å². The van der Waals surface area contributed by atoms with E-state index in [0.717, 1.165) is 5.06 Å². The van der Waals surface area contributed by atoms with Gasteiger partial charge in [-0.2, -0.15) is 5.06 Å². The number of ether oxygens (including phenoxy) is 2. The number of nitrogens with one attached hydrogen (secondary N) is 1. The number of rotatable bonds is 12. The third kappa shape index (κ3) is 6.43. The Morgan fingerprint density at radius 1 is 1.28 bits per heavy atom. The minimum absolute atomic E-state index is 0.0521. The molecular weight excluding hydrogens is 627 g/mol. The number of aliphatic imine (C=N–C) groups is 1. The lowest BCUT2D eigenvalue weighted by Gasteiger charge is -2.35. The number of halogens is 3. The number of hydroxylamine groups is 2. The van der Waals surface area contributed by atoms with E-state index in [0.29, 0.717) is 22.0 Å². The Labute approximate surface area is 269 Å². The van der Waals surface area contributed by atoms with E-state index in [1.807, 2.05) is 0 Å². The van der Waals surface area contributed by atoms with Crippen LogP contribution in [0.2, 0.25) is 0 Å². The van der Waals surface area contributed by atoms with Gasteiger partial charge in [-0.1, -0.05) is 12.1 Å². The molecule has 2 saturated heterocycles. The lowest BCUT2D eigenvalue weighted by Crippen LogP contribution is -2.52. The van der Waals surface area contributed by atoms with Gasteiger partial charge in [-0.05, 0) is 51.8 Å². The summed E-state index contributed by atoms with van der Waals surface area (Å²) in [6.45, 7) is 7.10. The van der Waals surface area contributed by atoms with Gasteiger partial charge in [0.05, 0.1) is 49.4 Å². The molecule has 0 radical (unpaired) electrons. The lowest BCUT2D eigenvalue weighted by atomic mass is 9.86. The molecule has 0 saturated carbocycles. The molecule has 2 aromatic rings. The first kappa shape index (κ1) is 34.0. The zero-order chi connectivity index (χ0) is 33.4. The average Bonchev–Trinajstić information content (AvgIpc) is 3.73. The number of nitrogens with zero attached hydrogens (tertiary/aromatic N) is 4. The maximum atomic E-state index is 15.8. The third-order valence-corrected chi connectivity index (χ3v) is 9.47. The number of fused-ring (bicyclic) bond motifs is 1. The van der Waals surface area contributed by atoms with Crippen LogP contribution in [0.1, 0.15) is 49.9 Å². The van der Waals surface area contributed by atoms with Crippen LogP contribution in [0.15, 0.2) is 46.0 Å². The van der Waals surface area contributed by atoms with Crippen molar-refractivity contribution in [3.63, 3.8) is 0 Å². The van der Waals surface area contributed by atoms with E-state index in [4.69, 9.17) is 19.3 Å². The summed E-state index contributed by atoms with van der Waals surface area (Å²) in [5.74, 6) is -5.25. The molecule has 4 heterocycles. The smallest absolute Gasteiger partial charge is 0.338 e. The first-order valence-corrected chi connectivity index (χ1v) is 15.9. The van der Waals surface area contributed by atoms with Gasteiger partial charge in [0.1, 0.15) is 17.9 Å². The molecule has 3 aliphatic heterocycles. The predicted octanol–water partition coefficient (Wildman–Crippen LogP) is 3.95. The van der Waals surface area contributed by atoms with Crippen LogP contribution in [0, 0.1) is 18.2 Å². The number of hydrogen-bond donors (Lipinski definition) is 2. The number of aromatic nitrogens is 1. The van der Waals surface area contributed by atoms with Crippen LogP contribution >= 0.6 is 11.3 Å². The number of thiazole rings is 1. The fourth-order valence-electron chi connectivity index (χ4n) is 6.11. The monoisotopic (exact) mass is 665 g/mol. The molecule has 250 valence electrons. The summed E-state index contributed by atoms with van der Waals surface area (Å²) in [4.78, 5) is 41.9. The van der Waals surface area contributed by atoms with E-state index in [-0.39, 0.29) is 44.2 Å². The molecule has 0 aliphatic carbocycles. The summed E-state index contributed by atoms with van der Waals surface area (Å²) in [7, 11) is 0. The molecule has 1 aromatic heterocycles. The van der Waals surface area contributed by atoms with Gasteiger partial charge in [0.25, 0.3) is 5.92 Å². The van der Waals surface area contributed by atoms with Gasteiger partial charge < -0.3 is 19.9 Å². The number of carbonyl (C=O) groups excluding carboxylic acids is 1. The number of esters is 1. The summed E-state index contributed by atoms with van der Waals surface area (Å²) in [5, 5.41) is 16.3. The van der Waals surface area contributed by atoms with Crippen LogP contribution in [-0.2, 0) is 23.9 Å². The van der Waals surface area contributed by atoms with Crippen LogP contribution in [0.3, 0.4) is 0 Å². The van der Waals surface area contributed by atoms with Gasteiger partial charge in [0, 0.05) is 30.4 Å². The molecular formula is C31H38F3N5O6S. The maximum absolute atomic E-state index is 15.8. The lowest BCUT2D eigenvalue weighted by molar-refractivity contribution is -0.207. The molecule has 5 rings (SSSR count). The van der Waals surface area contributed by atoms with E-state index < -0.39 is 59.9 Å². The van der Waals surface area contributed by atoms with Crippen LogP contribution in [-0.4, -0.2) is 101 Å². The van der Waals surface area contributed by atoms with Crippen LogP contribution in [0.25, 0.3) is 0 Å². The Morgan fingerprint density at radius 2 is 2.04 bits per heavy atom. The van der Waals surface area contributed by atoms with Gasteiger partial charge in [0.2, 0.25) is 0 Å². The summed E-state index contributed by atoms with van der Waals surface area (Å²) in [6, 6.07) is 1.31. The fourth-order valence-corrected chi connectivity index (χ4v) is 6.70. The highest BCUT2D eigenvalue weighted by molar-refractivity contribution is 7.11. The number of hydrogen-bond acceptors (Lipinski definition) is 11. The second kappa shape index (κ2) is 13.4. The minimum atomic E-state index is -3.25. The predicted molar refractivity (Wildman–Crippen MR) is 163 cm³/mol. The summed E-state index contributed by atoms with van der Waals surface area (Å²) in [6.07, 6.45) is 0.665. The Bertz CT molecular complexity index is 1520. The second-order valence-corrected chi connectivity index (χ2v) is 12.8. The number of carbonyl (C=O) groups is 2. The molecule has 0 unspecified atom stereocenters. The minimum Gasteiger partial charge on any atom is -0.481 e. The quantitative estimate of drug-likeness (QED) is 0.322. The Kier molecular flexibility index (Phi) is 9.89. The summed E-state index contributed by atoms with van der Waals surface area (Å²) < 4.78 is 57.6. The van der Waals surface area contributed by atoms with E-state index in [2.05, 4.69) is 10.3 Å². The van der Waals surface area contributed by atoms with E-state index >= 15 is 8.78 Å². The first-order valence-electron chi connectivity index (χ1n) is 15.1. The Morgan fingerprint density at radius 3 is 2.70 bits per heavy atom. The standard InChI is InChI=1S/C31H38F3N5O6S/c1-6-43-22(30(4,5)29(41)42)14-39-25-21(15-45-39)38(16-31(25,33)34)13-20-23(28(40)44-7-2)24(18-9-8-10-19(32)17(18)3)37-26(36-20)27-35-11-12-46-27/h8-12,21-22,24-25H,6-7,13-16H2,1-5H3,(H,36,37)(H,41,42)/t21-,22-,24-,25+/m0/s1. The fraction of sp³-hybridized carbons (Fsp3) is 0.548. The molecule has 15 heteroatoms. The third-order valence-electron chi connectivity index (χ3n) is 8.69. The van der Waals surface area contributed by atoms with Gasteiger partial charge in [0.15, 0.2) is 10.8 Å². The van der Waals surface area contributed by atoms with Crippen LogP contribution < -0.4 is 5.32 Å². The molecule has 0 bridgehead atoms. The van der Waals surface area contributed by atoms with Gasteiger partial charge >= 0.3 is 11.9 Å². The van der Waals surface area contributed by atoms with Crippen molar-refractivity contribution >= 4 is 29.1 Å². The largest absolute Gasteiger partial charge is 0.481 e. The number of carboxylic acid groups (broad SMARTS) is 1. The zero-order valence-electron chi connectivity index (χ0n) is 26.3. The summed E-state index contributed by atoms with van der Waals surface area (Å²) >= 11 is 1.30. The van der Waals surface area contributed by atoms with Crippen molar-refractivity contribution in [1.82, 2.24) is 20.3 Å². The van der Waals surface area contributed by atoms with Crippen molar-refractivity contribution in [3.8, 4) is 0 Å². The van der Waals surface area contributed by atoms with Crippen LogP contribution in [0.4, 0.5) is 13.2 Å². The molecule has 46 heavy (non-hydrogen) atoms. The molecule has 0 spiro atoms. The van der Waals surface area contributed by atoms with Crippen molar-refractivity contribution in [2.75, 3.05) is 39.5 Å². The van der Waals surface area contributed by atoms with Crippen molar-refractivity contribution in [1.29, 1.82) is 0 Å². The molecule has 2 N–H and O–H groups in total. The first-order chi connectivity index (χ1) is 21.8. The molecule has 3 aliphatic rings. The van der Waals surface area contributed by atoms with E-state index in [1.54, 1.807) is 38.4 Å².